The first kappa shape index (κ1) is 30.2. The Morgan fingerprint density at radius 2 is 1.43 bits per heavy atom. The molecule has 1 fully saturated rings. The summed E-state index contributed by atoms with van der Waals surface area (Å²) in [6.07, 6.45) is 1.09. The van der Waals surface area contributed by atoms with Crippen molar-refractivity contribution in [1.82, 2.24) is 9.80 Å². The van der Waals surface area contributed by atoms with E-state index in [1.54, 1.807) is 27.4 Å². The lowest BCUT2D eigenvalue weighted by Crippen LogP contribution is -2.45. The number of carbonyl (C=O) groups excluding carboxylic acids is 1. The average molecular weight is 556 g/mol. The molecule has 0 saturated carbocycles. The van der Waals surface area contributed by atoms with Crippen LogP contribution in [0.2, 0.25) is 0 Å². The number of amides is 1. The first-order valence-corrected chi connectivity index (χ1v) is 13.2. The lowest BCUT2D eigenvalue weighted by molar-refractivity contribution is 0.0995. The van der Waals surface area contributed by atoms with Gasteiger partial charge in [-0.2, -0.15) is 4.99 Å². The van der Waals surface area contributed by atoms with Crippen LogP contribution in [0.15, 0.2) is 40.2 Å². The van der Waals surface area contributed by atoms with Crippen molar-refractivity contribution >= 4 is 34.1 Å². The van der Waals surface area contributed by atoms with E-state index in [2.05, 4.69) is 14.8 Å². The Morgan fingerprint density at radius 3 is 1.92 bits per heavy atom. The van der Waals surface area contributed by atoms with Crippen LogP contribution in [-0.2, 0) is 22.9 Å². The van der Waals surface area contributed by atoms with Crippen LogP contribution >= 0.6 is 12.4 Å². The monoisotopic (exact) mass is 555 g/mol. The molecule has 0 radical (unpaired) electrons. The fourth-order valence-corrected chi connectivity index (χ4v) is 4.82. The predicted octanol–water partition coefficient (Wildman–Crippen LogP) is 1.27. The number of hydrogen-bond donors (Lipinski definition) is 2. The van der Waals surface area contributed by atoms with E-state index in [0.29, 0.717) is 35.9 Å². The minimum Gasteiger partial charge on any atom is -0.493 e. The van der Waals surface area contributed by atoms with Crippen LogP contribution in [0.4, 0.5) is 0 Å². The van der Waals surface area contributed by atoms with Crippen molar-refractivity contribution < 1.29 is 27.4 Å². The van der Waals surface area contributed by atoms with E-state index in [4.69, 9.17) is 25.7 Å². The van der Waals surface area contributed by atoms with E-state index >= 15 is 0 Å². The van der Waals surface area contributed by atoms with Crippen molar-refractivity contribution in [3.63, 3.8) is 0 Å². The zero-order valence-electron chi connectivity index (χ0n) is 21.4. The molecular formula is C24H34ClN5O6S. The van der Waals surface area contributed by atoms with Gasteiger partial charge >= 0.3 is 0 Å². The van der Waals surface area contributed by atoms with Crippen LogP contribution in [0, 0.1) is 0 Å². The molecule has 13 heteroatoms. The maximum Gasteiger partial charge on any atom is 0.280 e. The van der Waals surface area contributed by atoms with Gasteiger partial charge in [-0.25, -0.2) is 8.42 Å². The number of sulfone groups is 1. The number of halogens is 1. The number of piperazine rings is 1. The summed E-state index contributed by atoms with van der Waals surface area (Å²) in [6.45, 7) is 4.21. The normalized spacial score (nSPS) is 14.4. The molecule has 11 nitrogen and oxygen atoms in total. The number of hydrogen-bond acceptors (Lipinski definition) is 8. The van der Waals surface area contributed by atoms with E-state index in [0.717, 1.165) is 38.0 Å². The molecule has 0 spiro atoms. The van der Waals surface area contributed by atoms with Gasteiger partial charge in [0, 0.05) is 56.7 Å². The topological polar surface area (TPSA) is 150 Å². The highest BCUT2D eigenvalue weighted by molar-refractivity contribution is 7.90. The number of benzene rings is 2. The predicted molar refractivity (Wildman–Crippen MR) is 144 cm³/mol. The van der Waals surface area contributed by atoms with Crippen molar-refractivity contribution in [3.05, 3.63) is 47.0 Å². The van der Waals surface area contributed by atoms with Crippen molar-refractivity contribution in [3.8, 4) is 17.2 Å². The number of guanidine groups is 1. The molecule has 1 aliphatic rings. The van der Waals surface area contributed by atoms with Gasteiger partial charge in [0.25, 0.3) is 5.91 Å². The quantitative estimate of drug-likeness (QED) is 0.342. The maximum absolute atomic E-state index is 12.6. The van der Waals surface area contributed by atoms with Crippen molar-refractivity contribution in [1.29, 1.82) is 0 Å². The molecule has 2 aromatic rings. The Labute approximate surface area is 223 Å². The molecule has 0 unspecified atom stereocenters. The third-order valence-electron chi connectivity index (χ3n) is 6.01. The molecular weight excluding hydrogens is 522 g/mol. The van der Waals surface area contributed by atoms with Gasteiger partial charge in [-0.1, -0.05) is 12.1 Å². The van der Waals surface area contributed by atoms with Gasteiger partial charge in [0.05, 0.1) is 26.2 Å². The summed E-state index contributed by atoms with van der Waals surface area (Å²) in [5.74, 6) is 0.764. The highest BCUT2D eigenvalue weighted by atomic mass is 35.5. The third-order valence-corrected chi connectivity index (χ3v) is 7.12. The number of nitrogens with zero attached hydrogens (tertiary/aromatic N) is 3. The molecule has 1 amide bonds. The summed E-state index contributed by atoms with van der Waals surface area (Å²) in [7, 11) is 1.27. The van der Waals surface area contributed by atoms with Gasteiger partial charge in [-0.3, -0.25) is 14.6 Å². The summed E-state index contributed by atoms with van der Waals surface area (Å²) >= 11 is 0. The summed E-state index contributed by atoms with van der Waals surface area (Å²) in [4.78, 5) is 20.8. The number of rotatable bonds is 9. The third kappa shape index (κ3) is 7.48. The van der Waals surface area contributed by atoms with Crippen molar-refractivity contribution in [2.24, 2.45) is 16.5 Å². The number of carbonyl (C=O) groups is 1. The molecule has 0 aromatic heterocycles. The number of methoxy groups -OCH3 is 3. The SMILES string of the molecule is COc1ccc(CN2CCN(Cc3ccc(S(C)(=O)=O)cc3C(=O)N=C(N)N)CC2)c(OC)c1OC.Cl. The number of aliphatic imine (C=N–C) groups is 1. The molecule has 1 saturated heterocycles. The van der Waals surface area contributed by atoms with Gasteiger partial charge in [0.15, 0.2) is 27.3 Å². The fraction of sp³-hybridized carbons (Fsp3) is 0.417. The molecule has 1 heterocycles. The molecule has 3 rings (SSSR count). The Balaban J connectivity index is 0.00000481. The first-order chi connectivity index (χ1) is 17.1. The van der Waals surface area contributed by atoms with E-state index in [1.165, 1.54) is 12.1 Å². The standard InChI is InChI=1S/C24H33N5O6S.ClH/c1-33-20-8-6-17(21(34-2)22(20)35-3)15-29-11-9-28(10-12-29)14-16-5-7-18(36(4,31)32)13-19(16)23(30)27-24(25)26;/h5-8,13H,9-12,14-15H2,1-4H3,(H4,25,26,27,30);1H. The van der Waals surface area contributed by atoms with Crippen molar-refractivity contribution in [2.75, 3.05) is 53.8 Å². The second-order valence-electron chi connectivity index (χ2n) is 8.48. The summed E-state index contributed by atoms with van der Waals surface area (Å²) in [6, 6.07) is 8.31. The molecule has 1 aliphatic heterocycles. The summed E-state index contributed by atoms with van der Waals surface area (Å²) in [5.41, 5.74) is 12.6. The number of nitrogens with two attached hydrogens (primary N) is 2. The van der Waals surface area contributed by atoms with Crippen molar-refractivity contribution in [2.45, 2.75) is 18.0 Å². The Kier molecular flexibility index (Phi) is 10.6. The lowest BCUT2D eigenvalue weighted by Gasteiger charge is -2.35. The largest absolute Gasteiger partial charge is 0.493 e. The molecule has 2 aromatic carbocycles. The zero-order valence-corrected chi connectivity index (χ0v) is 23.0. The van der Waals surface area contributed by atoms with Gasteiger partial charge < -0.3 is 25.7 Å². The van der Waals surface area contributed by atoms with E-state index < -0.39 is 15.7 Å². The summed E-state index contributed by atoms with van der Waals surface area (Å²) in [5, 5.41) is 0. The van der Waals surface area contributed by atoms with E-state index in [9.17, 15) is 13.2 Å². The minimum atomic E-state index is -3.50. The molecule has 4 N–H and O–H groups in total. The van der Waals surface area contributed by atoms with Crippen LogP contribution in [-0.4, -0.2) is 83.8 Å². The second-order valence-corrected chi connectivity index (χ2v) is 10.5. The smallest absolute Gasteiger partial charge is 0.280 e. The maximum atomic E-state index is 12.6. The molecule has 37 heavy (non-hydrogen) atoms. The van der Waals surface area contributed by atoms with Crippen LogP contribution in [0.25, 0.3) is 0 Å². The highest BCUT2D eigenvalue weighted by Crippen LogP contribution is 2.40. The highest BCUT2D eigenvalue weighted by Gasteiger charge is 2.23. The Bertz CT molecular complexity index is 1240. The number of ether oxygens (including phenoxy) is 3. The lowest BCUT2D eigenvalue weighted by atomic mass is 10.1. The van der Waals surface area contributed by atoms with Crippen LogP contribution in [0.5, 0.6) is 17.2 Å². The van der Waals surface area contributed by atoms with Crippen LogP contribution in [0.3, 0.4) is 0 Å². The minimum absolute atomic E-state index is 0. The average Bonchev–Trinajstić information content (AvgIpc) is 2.83. The molecule has 0 aliphatic carbocycles. The van der Waals surface area contributed by atoms with Crippen LogP contribution in [0.1, 0.15) is 21.5 Å². The first-order valence-electron chi connectivity index (χ1n) is 11.3. The van der Waals surface area contributed by atoms with E-state index in [1.807, 2.05) is 12.1 Å². The van der Waals surface area contributed by atoms with Gasteiger partial charge in [0.2, 0.25) is 5.75 Å². The van der Waals surface area contributed by atoms with Gasteiger partial charge in [-0.05, 0) is 23.8 Å². The van der Waals surface area contributed by atoms with Gasteiger partial charge in [-0.15, -0.1) is 12.4 Å². The van der Waals surface area contributed by atoms with Gasteiger partial charge in [0.1, 0.15) is 0 Å². The summed E-state index contributed by atoms with van der Waals surface area (Å²) < 4.78 is 40.5. The molecule has 0 bridgehead atoms. The van der Waals surface area contributed by atoms with Crippen LogP contribution < -0.4 is 25.7 Å². The zero-order chi connectivity index (χ0) is 26.5. The van der Waals surface area contributed by atoms with E-state index in [-0.39, 0.29) is 28.8 Å². The molecule has 0 atom stereocenters. The fourth-order valence-electron chi connectivity index (χ4n) is 4.18. The second kappa shape index (κ2) is 13.0. The Morgan fingerprint density at radius 1 is 0.892 bits per heavy atom. The molecule has 204 valence electrons. The Hall–Kier alpha value is -3.06.